The first kappa shape index (κ1) is 15.3. The Hall–Kier alpha value is -2.62. The number of aliphatic carboxylic acids is 1. The van der Waals surface area contributed by atoms with Gasteiger partial charge < -0.3 is 9.67 Å². The highest BCUT2D eigenvalue weighted by Gasteiger charge is 2.22. The van der Waals surface area contributed by atoms with E-state index >= 15 is 0 Å². The highest BCUT2D eigenvalue weighted by atomic mass is 16.4. The van der Waals surface area contributed by atoms with Gasteiger partial charge in [-0.05, 0) is 51.0 Å². The third-order valence-corrected chi connectivity index (χ3v) is 4.36. The van der Waals surface area contributed by atoms with Crippen LogP contribution in [0.4, 0.5) is 0 Å². The number of carbonyl (C=O) groups is 1. The smallest absolute Gasteiger partial charge is 0.326 e. The largest absolute Gasteiger partial charge is 0.480 e. The lowest BCUT2D eigenvalue weighted by Gasteiger charge is -2.14. The first-order valence-electron chi connectivity index (χ1n) is 7.67. The van der Waals surface area contributed by atoms with Crippen LogP contribution in [0.2, 0.25) is 0 Å². The first-order chi connectivity index (χ1) is 10.9. The van der Waals surface area contributed by atoms with Gasteiger partial charge in [0.2, 0.25) is 0 Å². The van der Waals surface area contributed by atoms with Crippen molar-refractivity contribution in [2.24, 2.45) is 0 Å². The summed E-state index contributed by atoms with van der Waals surface area (Å²) in [5.41, 5.74) is 6.06. The molecular formula is C19H20N2O2. The van der Waals surface area contributed by atoms with Gasteiger partial charge in [0.05, 0.1) is 11.0 Å². The lowest BCUT2D eigenvalue weighted by molar-refractivity contribution is -0.140. The van der Waals surface area contributed by atoms with E-state index in [4.69, 9.17) is 4.98 Å². The number of hydrogen-bond acceptors (Lipinski definition) is 2. The van der Waals surface area contributed by atoms with Crippen LogP contribution in [0.3, 0.4) is 0 Å². The van der Waals surface area contributed by atoms with Gasteiger partial charge in [0.1, 0.15) is 11.9 Å². The van der Waals surface area contributed by atoms with E-state index < -0.39 is 12.0 Å². The summed E-state index contributed by atoms with van der Waals surface area (Å²) in [5.74, 6) is -0.171. The average Bonchev–Trinajstić information content (AvgIpc) is 2.86. The molecule has 0 bridgehead atoms. The number of fused-ring (bicyclic) bond motifs is 1. The minimum Gasteiger partial charge on any atom is -0.480 e. The molecule has 0 aliphatic rings. The summed E-state index contributed by atoms with van der Waals surface area (Å²) in [5, 5.41) is 9.50. The Balaban J connectivity index is 2.33. The SMILES string of the molecule is Cc1ccc(-c2nc3cc(C)c(C)cc3n2C(C)C(=O)O)cc1. The summed E-state index contributed by atoms with van der Waals surface area (Å²) < 4.78 is 1.81. The number of hydrogen-bond donors (Lipinski definition) is 1. The minimum absolute atomic E-state index is 0.682. The monoisotopic (exact) mass is 308 g/mol. The quantitative estimate of drug-likeness (QED) is 0.786. The van der Waals surface area contributed by atoms with Crippen LogP contribution >= 0.6 is 0 Å². The van der Waals surface area contributed by atoms with E-state index in [0.29, 0.717) is 5.82 Å². The number of aryl methyl sites for hydroxylation is 3. The van der Waals surface area contributed by atoms with E-state index in [2.05, 4.69) is 0 Å². The van der Waals surface area contributed by atoms with Gasteiger partial charge in [-0.2, -0.15) is 0 Å². The fraction of sp³-hybridized carbons (Fsp3) is 0.263. The number of carboxylic acids is 1. The number of benzene rings is 2. The molecule has 0 aliphatic carbocycles. The maximum Gasteiger partial charge on any atom is 0.326 e. The number of imidazole rings is 1. The number of nitrogens with zero attached hydrogens (tertiary/aromatic N) is 2. The summed E-state index contributed by atoms with van der Waals surface area (Å²) >= 11 is 0. The van der Waals surface area contributed by atoms with Crippen molar-refractivity contribution < 1.29 is 9.90 Å². The molecule has 0 amide bonds. The second kappa shape index (κ2) is 5.54. The topological polar surface area (TPSA) is 55.1 Å². The van der Waals surface area contributed by atoms with Crippen LogP contribution in [0.25, 0.3) is 22.4 Å². The Morgan fingerprint density at radius 1 is 1.09 bits per heavy atom. The van der Waals surface area contributed by atoms with Crippen molar-refractivity contribution in [1.29, 1.82) is 0 Å². The van der Waals surface area contributed by atoms with Gasteiger partial charge in [0, 0.05) is 5.56 Å². The zero-order valence-electron chi connectivity index (χ0n) is 13.8. The molecule has 1 aromatic heterocycles. The van der Waals surface area contributed by atoms with Gasteiger partial charge in [-0.1, -0.05) is 29.8 Å². The van der Waals surface area contributed by atoms with Gasteiger partial charge in [0.15, 0.2) is 0 Å². The molecule has 0 fully saturated rings. The van der Waals surface area contributed by atoms with Crippen molar-refractivity contribution in [3.8, 4) is 11.4 Å². The fourth-order valence-electron chi connectivity index (χ4n) is 2.76. The Kier molecular flexibility index (Phi) is 3.68. The maximum absolute atomic E-state index is 11.6. The summed E-state index contributed by atoms with van der Waals surface area (Å²) in [6.07, 6.45) is 0. The van der Waals surface area contributed by atoms with Crippen molar-refractivity contribution in [2.45, 2.75) is 33.7 Å². The summed E-state index contributed by atoms with van der Waals surface area (Å²) in [4.78, 5) is 16.3. The van der Waals surface area contributed by atoms with Gasteiger partial charge in [-0.3, -0.25) is 0 Å². The molecule has 118 valence electrons. The molecular weight excluding hydrogens is 288 g/mol. The minimum atomic E-state index is -0.865. The highest BCUT2D eigenvalue weighted by molar-refractivity contribution is 5.85. The number of carboxylic acid groups (broad SMARTS) is 1. The molecule has 4 nitrogen and oxygen atoms in total. The molecule has 1 heterocycles. The predicted octanol–water partition coefficient (Wildman–Crippen LogP) is 4.27. The van der Waals surface area contributed by atoms with Crippen molar-refractivity contribution in [1.82, 2.24) is 9.55 Å². The molecule has 0 saturated heterocycles. The summed E-state index contributed by atoms with van der Waals surface area (Å²) in [6.45, 7) is 7.79. The van der Waals surface area contributed by atoms with Crippen LogP contribution < -0.4 is 0 Å². The molecule has 0 aliphatic heterocycles. The standard InChI is InChI=1S/C19H20N2O2/c1-11-5-7-15(8-6-11)18-20-16-9-12(2)13(3)10-17(16)21(18)14(4)19(22)23/h5-10,14H,1-4H3,(H,22,23). The zero-order chi connectivity index (χ0) is 16.7. The van der Waals surface area contributed by atoms with E-state index in [1.165, 1.54) is 0 Å². The van der Waals surface area contributed by atoms with E-state index in [-0.39, 0.29) is 0 Å². The van der Waals surface area contributed by atoms with Gasteiger partial charge in [-0.15, -0.1) is 0 Å². The molecule has 3 rings (SSSR count). The Morgan fingerprint density at radius 3 is 2.30 bits per heavy atom. The summed E-state index contributed by atoms with van der Waals surface area (Å²) in [7, 11) is 0. The van der Waals surface area contributed by atoms with Gasteiger partial charge >= 0.3 is 5.97 Å². The molecule has 23 heavy (non-hydrogen) atoms. The zero-order valence-corrected chi connectivity index (χ0v) is 13.8. The highest BCUT2D eigenvalue weighted by Crippen LogP contribution is 2.30. The van der Waals surface area contributed by atoms with Gasteiger partial charge in [0.25, 0.3) is 0 Å². The van der Waals surface area contributed by atoms with Crippen LogP contribution in [-0.2, 0) is 4.79 Å². The molecule has 0 saturated carbocycles. The van der Waals surface area contributed by atoms with Crippen LogP contribution in [0.5, 0.6) is 0 Å². The van der Waals surface area contributed by atoms with Crippen molar-refractivity contribution in [2.75, 3.05) is 0 Å². The maximum atomic E-state index is 11.6. The van der Waals surface area contributed by atoms with E-state index in [0.717, 1.165) is 33.3 Å². The number of aromatic nitrogens is 2. The second-order valence-corrected chi connectivity index (χ2v) is 6.11. The Labute approximate surface area is 135 Å². The molecule has 1 N–H and O–H groups in total. The summed E-state index contributed by atoms with van der Waals surface area (Å²) in [6, 6.07) is 11.4. The fourth-order valence-corrected chi connectivity index (χ4v) is 2.76. The Morgan fingerprint density at radius 2 is 1.70 bits per heavy atom. The average molecular weight is 308 g/mol. The number of rotatable bonds is 3. The van der Waals surface area contributed by atoms with Crippen LogP contribution in [0, 0.1) is 20.8 Å². The Bertz CT molecular complexity index is 892. The second-order valence-electron chi connectivity index (χ2n) is 6.11. The van der Waals surface area contributed by atoms with Crippen LogP contribution in [-0.4, -0.2) is 20.6 Å². The third-order valence-electron chi connectivity index (χ3n) is 4.36. The van der Waals surface area contributed by atoms with Crippen molar-refractivity contribution in [3.63, 3.8) is 0 Å². The predicted molar refractivity (Wildman–Crippen MR) is 91.7 cm³/mol. The first-order valence-corrected chi connectivity index (χ1v) is 7.67. The molecule has 1 atom stereocenters. The van der Waals surface area contributed by atoms with E-state index in [1.54, 1.807) is 6.92 Å². The lowest BCUT2D eigenvalue weighted by Crippen LogP contribution is -2.16. The molecule has 0 radical (unpaired) electrons. The van der Waals surface area contributed by atoms with Crippen molar-refractivity contribution >= 4 is 17.0 Å². The van der Waals surface area contributed by atoms with E-state index in [1.807, 2.05) is 61.7 Å². The lowest BCUT2D eigenvalue weighted by atomic mass is 10.1. The van der Waals surface area contributed by atoms with Crippen LogP contribution in [0.15, 0.2) is 36.4 Å². The molecule has 0 spiro atoms. The van der Waals surface area contributed by atoms with Crippen LogP contribution in [0.1, 0.15) is 29.7 Å². The molecule has 4 heteroatoms. The molecule has 1 unspecified atom stereocenters. The van der Waals surface area contributed by atoms with Gasteiger partial charge in [-0.25, -0.2) is 9.78 Å². The molecule has 2 aromatic carbocycles. The van der Waals surface area contributed by atoms with Crippen molar-refractivity contribution in [3.05, 3.63) is 53.1 Å². The third kappa shape index (κ3) is 2.61. The van der Waals surface area contributed by atoms with E-state index in [9.17, 15) is 9.90 Å². The molecule has 3 aromatic rings. The normalized spacial score (nSPS) is 12.5.